The van der Waals surface area contributed by atoms with Gasteiger partial charge in [-0.2, -0.15) is 0 Å². The molecule has 1 aromatic rings. The van der Waals surface area contributed by atoms with Crippen molar-refractivity contribution in [3.8, 4) is 5.75 Å². The highest BCUT2D eigenvalue weighted by atomic mass is 16.3. The lowest BCUT2D eigenvalue weighted by molar-refractivity contribution is 0.258. The molecule has 0 aliphatic rings. The van der Waals surface area contributed by atoms with E-state index in [0.717, 1.165) is 24.1 Å². The Hall–Kier alpha value is -1.06. The van der Waals surface area contributed by atoms with Gasteiger partial charge in [-0.15, -0.1) is 0 Å². The number of benzene rings is 1. The van der Waals surface area contributed by atoms with Gasteiger partial charge in [-0.05, 0) is 38.8 Å². The fourth-order valence-corrected chi connectivity index (χ4v) is 1.83. The zero-order valence-corrected chi connectivity index (χ0v) is 10.9. The number of aliphatic hydroxyl groups excluding tert-OH is 1. The van der Waals surface area contributed by atoms with Crippen LogP contribution in [0.2, 0.25) is 0 Å². The molecular weight excluding hydrogens is 214 g/mol. The summed E-state index contributed by atoms with van der Waals surface area (Å²) >= 11 is 0. The summed E-state index contributed by atoms with van der Waals surface area (Å²) < 4.78 is 0. The Morgan fingerprint density at radius 3 is 2.65 bits per heavy atom. The molecule has 0 saturated heterocycles. The standard InChI is InChI=1S/C14H23NO2/c1-10-4-5-14(17)13(8-10)12(3)15-9-11(2)6-7-16/h4-5,8,11-12,15-17H,6-7,9H2,1-3H3. The molecule has 1 rings (SSSR count). The van der Waals surface area contributed by atoms with Crippen LogP contribution in [-0.2, 0) is 0 Å². The van der Waals surface area contributed by atoms with Gasteiger partial charge in [0.05, 0.1) is 0 Å². The summed E-state index contributed by atoms with van der Waals surface area (Å²) in [5.74, 6) is 0.778. The van der Waals surface area contributed by atoms with E-state index in [1.807, 2.05) is 26.0 Å². The van der Waals surface area contributed by atoms with Crippen LogP contribution in [0.1, 0.15) is 37.4 Å². The molecule has 2 atom stereocenters. The summed E-state index contributed by atoms with van der Waals surface area (Å²) in [5.41, 5.74) is 2.08. The minimum atomic E-state index is 0.121. The highest BCUT2D eigenvalue weighted by molar-refractivity contribution is 5.37. The van der Waals surface area contributed by atoms with Crippen LogP contribution in [0.15, 0.2) is 18.2 Å². The predicted molar refractivity (Wildman–Crippen MR) is 70.1 cm³/mol. The van der Waals surface area contributed by atoms with Crippen molar-refractivity contribution in [2.24, 2.45) is 5.92 Å². The third-order valence-corrected chi connectivity index (χ3v) is 3.04. The van der Waals surface area contributed by atoms with Crippen LogP contribution in [0.5, 0.6) is 5.75 Å². The molecule has 0 heterocycles. The minimum absolute atomic E-state index is 0.121. The molecule has 0 amide bonds. The van der Waals surface area contributed by atoms with E-state index in [0.29, 0.717) is 11.7 Å². The van der Waals surface area contributed by atoms with E-state index in [1.54, 1.807) is 6.07 Å². The van der Waals surface area contributed by atoms with Crippen LogP contribution in [-0.4, -0.2) is 23.4 Å². The van der Waals surface area contributed by atoms with Crippen LogP contribution in [0.4, 0.5) is 0 Å². The first-order valence-electron chi connectivity index (χ1n) is 6.18. The first kappa shape index (κ1) is 14.0. The second-order valence-electron chi connectivity index (χ2n) is 4.81. The average molecular weight is 237 g/mol. The molecule has 0 bridgehead atoms. The van der Waals surface area contributed by atoms with Crippen molar-refractivity contribution in [1.29, 1.82) is 0 Å². The van der Waals surface area contributed by atoms with E-state index in [-0.39, 0.29) is 12.6 Å². The topological polar surface area (TPSA) is 52.5 Å². The largest absolute Gasteiger partial charge is 0.508 e. The van der Waals surface area contributed by atoms with Gasteiger partial charge < -0.3 is 15.5 Å². The van der Waals surface area contributed by atoms with Crippen molar-refractivity contribution in [3.63, 3.8) is 0 Å². The van der Waals surface area contributed by atoms with Crippen LogP contribution in [0.3, 0.4) is 0 Å². The SMILES string of the molecule is Cc1ccc(O)c(C(C)NCC(C)CCO)c1. The Morgan fingerprint density at radius 2 is 2.00 bits per heavy atom. The molecule has 0 aliphatic carbocycles. The molecule has 0 fully saturated rings. The number of aliphatic hydroxyl groups is 1. The van der Waals surface area contributed by atoms with Crippen molar-refractivity contribution in [3.05, 3.63) is 29.3 Å². The zero-order chi connectivity index (χ0) is 12.8. The monoisotopic (exact) mass is 237 g/mol. The van der Waals surface area contributed by atoms with Gasteiger partial charge in [0.15, 0.2) is 0 Å². The van der Waals surface area contributed by atoms with Crippen molar-refractivity contribution >= 4 is 0 Å². The maximum atomic E-state index is 9.79. The van der Waals surface area contributed by atoms with E-state index in [2.05, 4.69) is 12.2 Å². The highest BCUT2D eigenvalue weighted by Crippen LogP contribution is 2.25. The molecule has 0 aromatic heterocycles. The number of hydrogen-bond donors (Lipinski definition) is 3. The summed E-state index contributed by atoms with van der Waals surface area (Å²) in [6.45, 7) is 7.23. The number of aromatic hydroxyl groups is 1. The third kappa shape index (κ3) is 4.36. The second kappa shape index (κ2) is 6.62. The van der Waals surface area contributed by atoms with E-state index in [4.69, 9.17) is 5.11 Å². The molecule has 1 aromatic carbocycles. The number of hydrogen-bond acceptors (Lipinski definition) is 3. The van der Waals surface area contributed by atoms with E-state index < -0.39 is 0 Å². The van der Waals surface area contributed by atoms with Gasteiger partial charge in [-0.25, -0.2) is 0 Å². The summed E-state index contributed by atoms with van der Waals surface area (Å²) in [7, 11) is 0. The third-order valence-electron chi connectivity index (χ3n) is 3.04. The molecule has 0 saturated carbocycles. The van der Waals surface area contributed by atoms with E-state index >= 15 is 0 Å². The first-order valence-corrected chi connectivity index (χ1v) is 6.18. The lowest BCUT2D eigenvalue weighted by atomic mass is 10.0. The quantitative estimate of drug-likeness (QED) is 0.712. The summed E-state index contributed by atoms with van der Waals surface area (Å²) in [6, 6.07) is 5.76. The maximum absolute atomic E-state index is 9.79. The van der Waals surface area contributed by atoms with Gasteiger partial charge in [0.25, 0.3) is 0 Å². The smallest absolute Gasteiger partial charge is 0.120 e. The van der Waals surface area contributed by atoms with Gasteiger partial charge in [0.2, 0.25) is 0 Å². The fourth-order valence-electron chi connectivity index (χ4n) is 1.83. The van der Waals surface area contributed by atoms with Gasteiger partial charge in [-0.3, -0.25) is 0 Å². The van der Waals surface area contributed by atoms with Crippen molar-refractivity contribution in [2.45, 2.75) is 33.2 Å². The molecule has 0 aliphatic heterocycles. The normalized spacial score (nSPS) is 14.6. The van der Waals surface area contributed by atoms with Gasteiger partial charge in [-0.1, -0.05) is 24.6 Å². The Balaban J connectivity index is 2.57. The summed E-state index contributed by atoms with van der Waals surface area (Å²) in [6.07, 6.45) is 0.805. The number of phenolic OH excluding ortho intramolecular Hbond substituents is 1. The van der Waals surface area contributed by atoms with Crippen LogP contribution in [0, 0.1) is 12.8 Å². The van der Waals surface area contributed by atoms with Crippen LogP contribution in [0.25, 0.3) is 0 Å². The molecule has 0 spiro atoms. The predicted octanol–water partition coefficient (Wildman–Crippen LogP) is 2.37. The molecule has 17 heavy (non-hydrogen) atoms. The lowest BCUT2D eigenvalue weighted by Crippen LogP contribution is -2.25. The number of aryl methyl sites for hydroxylation is 1. The Kier molecular flexibility index (Phi) is 5.45. The van der Waals surface area contributed by atoms with Gasteiger partial charge in [0.1, 0.15) is 5.75 Å². The van der Waals surface area contributed by atoms with Crippen LogP contribution >= 0.6 is 0 Å². The first-order chi connectivity index (χ1) is 8.04. The molecule has 3 nitrogen and oxygen atoms in total. The van der Waals surface area contributed by atoms with E-state index in [1.165, 1.54) is 0 Å². The number of rotatable bonds is 6. The highest BCUT2D eigenvalue weighted by Gasteiger charge is 2.11. The number of phenols is 1. The molecule has 0 radical (unpaired) electrons. The second-order valence-corrected chi connectivity index (χ2v) is 4.81. The summed E-state index contributed by atoms with van der Waals surface area (Å²) in [5, 5.41) is 22.0. The Bertz CT molecular complexity index is 352. The van der Waals surface area contributed by atoms with Crippen molar-refractivity contribution in [1.82, 2.24) is 5.32 Å². The molecule has 2 unspecified atom stereocenters. The van der Waals surface area contributed by atoms with Crippen LogP contribution < -0.4 is 5.32 Å². The molecular formula is C14H23NO2. The molecule has 3 heteroatoms. The number of nitrogens with one attached hydrogen (secondary N) is 1. The fraction of sp³-hybridized carbons (Fsp3) is 0.571. The van der Waals surface area contributed by atoms with Crippen molar-refractivity contribution < 1.29 is 10.2 Å². The van der Waals surface area contributed by atoms with Gasteiger partial charge >= 0.3 is 0 Å². The maximum Gasteiger partial charge on any atom is 0.120 e. The van der Waals surface area contributed by atoms with E-state index in [9.17, 15) is 5.11 Å². The average Bonchev–Trinajstić information content (AvgIpc) is 2.29. The van der Waals surface area contributed by atoms with Crippen molar-refractivity contribution in [2.75, 3.05) is 13.2 Å². The lowest BCUT2D eigenvalue weighted by Gasteiger charge is -2.19. The Labute approximate surface area is 103 Å². The zero-order valence-electron chi connectivity index (χ0n) is 10.9. The molecule has 3 N–H and O–H groups in total. The minimum Gasteiger partial charge on any atom is -0.508 e. The van der Waals surface area contributed by atoms with Gasteiger partial charge in [0, 0.05) is 18.2 Å². The molecule has 96 valence electrons. The summed E-state index contributed by atoms with van der Waals surface area (Å²) in [4.78, 5) is 0. The Morgan fingerprint density at radius 1 is 1.29 bits per heavy atom.